The minimum Gasteiger partial charge on any atom is -0.283 e. The number of nitrogens with zero attached hydrogens (tertiary/aromatic N) is 2. The molecule has 0 aromatic heterocycles. The lowest BCUT2D eigenvalue weighted by atomic mass is 10.1. The fraction of sp³-hybridized carbons (Fsp3) is 0.500. The molecule has 0 atom stereocenters. The van der Waals surface area contributed by atoms with Crippen LogP contribution in [-0.2, 0) is 6.54 Å². The number of hydrogen-bond acceptors (Lipinski definition) is 2. The average Bonchev–Trinajstić information content (AvgIpc) is 2.85. The van der Waals surface area contributed by atoms with E-state index < -0.39 is 0 Å². The van der Waals surface area contributed by atoms with Crippen LogP contribution >= 0.6 is 11.6 Å². The van der Waals surface area contributed by atoms with Crippen LogP contribution in [0.3, 0.4) is 0 Å². The van der Waals surface area contributed by atoms with E-state index in [4.69, 9.17) is 16.9 Å². The Kier molecular flexibility index (Phi) is 4.57. The van der Waals surface area contributed by atoms with Gasteiger partial charge in [-0.1, -0.05) is 30.5 Å². The molecule has 2 nitrogen and oxygen atoms in total. The van der Waals surface area contributed by atoms with Crippen molar-refractivity contribution in [2.45, 2.75) is 38.3 Å². The first-order valence-corrected chi connectivity index (χ1v) is 6.63. The summed E-state index contributed by atoms with van der Waals surface area (Å²) in [6.45, 7) is 1.02. The van der Waals surface area contributed by atoms with E-state index in [0.29, 0.717) is 24.2 Å². The van der Waals surface area contributed by atoms with Crippen LogP contribution in [0, 0.1) is 17.1 Å². The van der Waals surface area contributed by atoms with Gasteiger partial charge in [-0.2, -0.15) is 5.26 Å². The highest BCUT2D eigenvalue weighted by molar-refractivity contribution is 6.31. The van der Waals surface area contributed by atoms with Crippen molar-refractivity contribution in [2.75, 3.05) is 6.54 Å². The first-order valence-electron chi connectivity index (χ1n) is 6.25. The van der Waals surface area contributed by atoms with Gasteiger partial charge in [0.25, 0.3) is 0 Å². The molecule has 1 aromatic rings. The van der Waals surface area contributed by atoms with Crippen molar-refractivity contribution < 1.29 is 4.39 Å². The van der Waals surface area contributed by atoms with Gasteiger partial charge in [-0.05, 0) is 30.5 Å². The van der Waals surface area contributed by atoms with Crippen LogP contribution in [0.25, 0.3) is 0 Å². The van der Waals surface area contributed by atoms with Crippen molar-refractivity contribution in [1.82, 2.24) is 4.90 Å². The summed E-state index contributed by atoms with van der Waals surface area (Å²) >= 11 is 6.03. The maximum absolute atomic E-state index is 13.0. The second-order valence-electron chi connectivity index (χ2n) is 4.74. The third-order valence-corrected chi connectivity index (χ3v) is 3.86. The second kappa shape index (κ2) is 6.17. The van der Waals surface area contributed by atoms with Crippen LogP contribution in [-0.4, -0.2) is 17.5 Å². The van der Waals surface area contributed by atoms with E-state index in [9.17, 15) is 4.39 Å². The molecule has 1 saturated carbocycles. The standard InChI is InChI=1S/C14H16ClFN2/c15-14-9-12(16)6-5-11(14)10-18(8-7-17)13-3-1-2-4-13/h5-6,9,13H,1-4,8,10H2. The van der Waals surface area contributed by atoms with E-state index in [-0.39, 0.29) is 5.82 Å². The SMILES string of the molecule is N#CCN(Cc1ccc(F)cc1Cl)C1CCCC1. The summed E-state index contributed by atoms with van der Waals surface area (Å²) in [6, 6.07) is 7.12. The molecule has 0 heterocycles. The highest BCUT2D eigenvalue weighted by Crippen LogP contribution is 2.26. The van der Waals surface area contributed by atoms with Gasteiger partial charge in [-0.25, -0.2) is 4.39 Å². The molecule has 1 aliphatic rings. The van der Waals surface area contributed by atoms with Crippen LogP contribution < -0.4 is 0 Å². The van der Waals surface area contributed by atoms with Gasteiger partial charge in [-0.3, -0.25) is 4.90 Å². The van der Waals surface area contributed by atoms with Crippen molar-refractivity contribution in [3.63, 3.8) is 0 Å². The van der Waals surface area contributed by atoms with Crippen LogP contribution in [0.2, 0.25) is 5.02 Å². The number of halogens is 2. The highest BCUT2D eigenvalue weighted by Gasteiger charge is 2.22. The Balaban J connectivity index is 2.10. The summed E-state index contributed by atoms with van der Waals surface area (Å²) in [7, 11) is 0. The Bertz CT molecular complexity index is 450. The van der Waals surface area contributed by atoms with Crippen molar-refractivity contribution >= 4 is 11.6 Å². The molecule has 0 amide bonds. The second-order valence-corrected chi connectivity index (χ2v) is 5.14. The lowest BCUT2D eigenvalue weighted by Crippen LogP contribution is -2.33. The third-order valence-electron chi connectivity index (χ3n) is 3.50. The molecule has 1 aliphatic carbocycles. The van der Waals surface area contributed by atoms with Gasteiger partial charge in [0.05, 0.1) is 12.6 Å². The van der Waals surface area contributed by atoms with Gasteiger partial charge in [-0.15, -0.1) is 0 Å². The molecule has 0 saturated heterocycles. The topological polar surface area (TPSA) is 27.0 Å². The molecule has 96 valence electrons. The minimum absolute atomic E-state index is 0.323. The maximum Gasteiger partial charge on any atom is 0.124 e. The number of benzene rings is 1. The molecule has 1 aromatic carbocycles. The quantitative estimate of drug-likeness (QED) is 0.776. The van der Waals surface area contributed by atoms with Gasteiger partial charge >= 0.3 is 0 Å². The van der Waals surface area contributed by atoms with Crippen LogP contribution in [0.1, 0.15) is 31.2 Å². The van der Waals surface area contributed by atoms with Gasteiger partial charge in [0.15, 0.2) is 0 Å². The molecule has 0 N–H and O–H groups in total. The summed E-state index contributed by atoms with van der Waals surface area (Å²) in [5.74, 6) is -0.323. The minimum atomic E-state index is -0.323. The zero-order valence-corrected chi connectivity index (χ0v) is 11.0. The molecule has 0 unspecified atom stereocenters. The van der Waals surface area contributed by atoms with E-state index in [2.05, 4.69) is 11.0 Å². The lowest BCUT2D eigenvalue weighted by Gasteiger charge is -2.26. The first-order chi connectivity index (χ1) is 8.70. The summed E-state index contributed by atoms with van der Waals surface area (Å²) < 4.78 is 13.0. The molecule has 2 rings (SSSR count). The largest absolute Gasteiger partial charge is 0.283 e. The van der Waals surface area contributed by atoms with Crippen molar-refractivity contribution in [1.29, 1.82) is 5.26 Å². The Labute approximate surface area is 112 Å². The van der Waals surface area contributed by atoms with E-state index in [1.54, 1.807) is 6.07 Å². The Morgan fingerprint density at radius 1 is 1.39 bits per heavy atom. The molecule has 18 heavy (non-hydrogen) atoms. The number of hydrogen-bond donors (Lipinski definition) is 0. The third kappa shape index (κ3) is 3.22. The summed E-state index contributed by atoms with van der Waals surface area (Å²) in [5.41, 5.74) is 0.889. The summed E-state index contributed by atoms with van der Waals surface area (Å²) in [5, 5.41) is 9.34. The average molecular weight is 267 g/mol. The van der Waals surface area contributed by atoms with E-state index >= 15 is 0 Å². The number of nitriles is 1. The molecular formula is C14H16ClFN2. The monoisotopic (exact) mass is 266 g/mol. The fourth-order valence-electron chi connectivity index (χ4n) is 2.54. The number of rotatable bonds is 4. The lowest BCUT2D eigenvalue weighted by molar-refractivity contribution is 0.214. The predicted molar refractivity (Wildman–Crippen MR) is 69.7 cm³/mol. The molecular weight excluding hydrogens is 251 g/mol. The normalized spacial score (nSPS) is 16.1. The summed E-state index contributed by atoms with van der Waals surface area (Å²) in [6.07, 6.45) is 4.73. The first kappa shape index (κ1) is 13.3. The van der Waals surface area contributed by atoms with Gasteiger partial charge in [0.2, 0.25) is 0 Å². The van der Waals surface area contributed by atoms with Crippen LogP contribution in [0.15, 0.2) is 18.2 Å². The van der Waals surface area contributed by atoms with Crippen LogP contribution in [0.4, 0.5) is 4.39 Å². The molecule has 4 heteroatoms. The predicted octanol–water partition coefficient (Wildman–Crippen LogP) is 3.75. The molecule has 0 spiro atoms. The van der Waals surface area contributed by atoms with Crippen molar-refractivity contribution in [3.05, 3.63) is 34.6 Å². The van der Waals surface area contributed by atoms with Crippen molar-refractivity contribution in [2.24, 2.45) is 0 Å². The Morgan fingerprint density at radius 3 is 2.72 bits per heavy atom. The van der Waals surface area contributed by atoms with E-state index in [1.165, 1.54) is 25.0 Å². The fourth-order valence-corrected chi connectivity index (χ4v) is 2.77. The van der Waals surface area contributed by atoms with Crippen LogP contribution in [0.5, 0.6) is 0 Å². The van der Waals surface area contributed by atoms with Gasteiger partial charge < -0.3 is 0 Å². The Hall–Kier alpha value is -1.11. The highest BCUT2D eigenvalue weighted by atomic mass is 35.5. The maximum atomic E-state index is 13.0. The molecule has 0 aliphatic heterocycles. The zero-order valence-electron chi connectivity index (χ0n) is 10.2. The van der Waals surface area contributed by atoms with Gasteiger partial charge in [0.1, 0.15) is 5.82 Å². The molecule has 1 fully saturated rings. The molecule has 0 bridgehead atoms. The van der Waals surface area contributed by atoms with E-state index in [1.807, 2.05) is 0 Å². The van der Waals surface area contributed by atoms with Crippen molar-refractivity contribution in [3.8, 4) is 6.07 Å². The van der Waals surface area contributed by atoms with Gasteiger partial charge in [0, 0.05) is 17.6 Å². The van der Waals surface area contributed by atoms with E-state index in [0.717, 1.165) is 18.4 Å². The molecule has 0 radical (unpaired) electrons. The Morgan fingerprint density at radius 2 is 2.11 bits per heavy atom. The zero-order chi connectivity index (χ0) is 13.0. The summed E-state index contributed by atoms with van der Waals surface area (Å²) in [4.78, 5) is 2.14. The smallest absolute Gasteiger partial charge is 0.124 e.